The van der Waals surface area contributed by atoms with Gasteiger partial charge < -0.3 is 9.84 Å². The largest absolute Gasteiger partial charge is 0.396 e. The number of hydrogen-bond donors (Lipinski definition) is 1. The Kier molecular flexibility index (Phi) is 5.12. The van der Waals surface area contributed by atoms with E-state index in [0.717, 1.165) is 25.9 Å². The van der Waals surface area contributed by atoms with Gasteiger partial charge in [0.05, 0.1) is 6.10 Å². The van der Waals surface area contributed by atoms with Crippen molar-refractivity contribution in [1.29, 1.82) is 0 Å². The number of hydrogen-bond acceptors (Lipinski definition) is 3. The van der Waals surface area contributed by atoms with Gasteiger partial charge in [0.15, 0.2) is 0 Å². The Hall–Kier alpha value is -0.410. The number of aliphatic hydroxyl groups excluding tert-OH is 1. The number of ether oxygens (including phenoxy) is 1. The van der Waals surface area contributed by atoms with Crippen LogP contribution in [0.3, 0.4) is 0 Å². The van der Waals surface area contributed by atoms with Crippen molar-refractivity contribution in [2.45, 2.75) is 45.1 Å². The number of Topliss-reactive ketones (excluding diaryl/α,β-unsaturated/α-hetero) is 1. The molecule has 0 radical (unpaired) electrons. The zero-order chi connectivity index (χ0) is 10.4. The van der Waals surface area contributed by atoms with Gasteiger partial charge in [-0.15, -0.1) is 0 Å². The van der Waals surface area contributed by atoms with Crippen LogP contribution in [0.4, 0.5) is 0 Å². The summed E-state index contributed by atoms with van der Waals surface area (Å²) in [6.07, 6.45) is 5.01. The van der Waals surface area contributed by atoms with E-state index in [1.165, 1.54) is 6.42 Å². The van der Waals surface area contributed by atoms with Crippen LogP contribution < -0.4 is 0 Å². The molecule has 1 rings (SSSR count). The topological polar surface area (TPSA) is 46.5 Å². The van der Waals surface area contributed by atoms with E-state index in [-0.39, 0.29) is 24.4 Å². The number of carbonyl (C=O) groups excluding carboxylic acids is 1. The first kappa shape index (κ1) is 11.7. The van der Waals surface area contributed by atoms with E-state index in [4.69, 9.17) is 9.84 Å². The average molecular weight is 200 g/mol. The molecule has 0 aromatic carbocycles. The summed E-state index contributed by atoms with van der Waals surface area (Å²) < 4.78 is 5.57. The van der Waals surface area contributed by atoms with Gasteiger partial charge in [-0.05, 0) is 39.0 Å². The molecule has 14 heavy (non-hydrogen) atoms. The third-order valence-electron chi connectivity index (χ3n) is 2.87. The minimum Gasteiger partial charge on any atom is -0.396 e. The van der Waals surface area contributed by atoms with Crippen LogP contribution in [0.25, 0.3) is 0 Å². The van der Waals surface area contributed by atoms with Crippen molar-refractivity contribution in [2.75, 3.05) is 13.2 Å². The van der Waals surface area contributed by atoms with Crippen LogP contribution in [0, 0.1) is 5.92 Å². The smallest absolute Gasteiger partial charge is 0.133 e. The highest BCUT2D eigenvalue weighted by atomic mass is 16.5. The van der Waals surface area contributed by atoms with E-state index < -0.39 is 0 Å². The molecule has 3 nitrogen and oxygen atoms in total. The molecule has 1 N–H and O–H groups in total. The summed E-state index contributed by atoms with van der Waals surface area (Å²) >= 11 is 0. The third kappa shape index (κ3) is 3.76. The van der Waals surface area contributed by atoms with E-state index in [0.29, 0.717) is 6.42 Å². The van der Waals surface area contributed by atoms with Crippen molar-refractivity contribution in [1.82, 2.24) is 0 Å². The van der Waals surface area contributed by atoms with Gasteiger partial charge in [-0.2, -0.15) is 0 Å². The molecule has 0 aromatic rings. The molecule has 1 heterocycles. The van der Waals surface area contributed by atoms with Gasteiger partial charge in [0, 0.05) is 19.1 Å². The SMILES string of the molecule is CC(=O)C(CCO)CC1CCCCO1. The summed E-state index contributed by atoms with van der Waals surface area (Å²) in [5, 5.41) is 8.82. The van der Waals surface area contributed by atoms with E-state index in [1.54, 1.807) is 6.92 Å². The normalized spacial score (nSPS) is 24.6. The molecular formula is C11H20O3. The molecule has 0 aliphatic carbocycles. The van der Waals surface area contributed by atoms with Crippen LogP contribution in [0.2, 0.25) is 0 Å². The molecule has 0 bridgehead atoms. The second kappa shape index (κ2) is 6.14. The van der Waals surface area contributed by atoms with Crippen LogP contribution in [0.15, 0.2) is 0 Å². The zero-order valence-corrected chi connectivity index (χ0v) is 8.87. The lowest BCUT2D eigenvalue weighted by Crippen LogP contribution is -2.25. The summed E-state index contributed by atoms with van der Waals surface area (Å²) in [6, 6.07) is 0. The van der Waals surface area contributed by atoms with Crippen molar-refractivity contribution in [3.63, 3.8) is 0 Å². The summed E-state index contributed by atoms with van der Waals surface area (Å²) in [5.41, 5.74) is 0. The fourth-order valence-electron chi connectivity index (χ4n) is 1.95. The van der Waals surface area contributed by atoms with Gasteiger partial charge in [-0.1, -0.05) is 0 Å². The first-order chi connectivity index (χ1) is 6.74. The zero-order valence-electron chi connectivity index (χ0n) is 8.87. The number of rotatable bonds is 5. The Labute approximate surface area is 85.5 Å². The lowest BCUT2D eigenvalue weighted by molar-refractivity contribution is -0.123. The lowest BCUT2D eigenvalue weighted by Gasteiger charge is -2.25. The van der Waals surface area contributed by atoms with E-state index >= 15 is 0 Å². The molecular weight excluding hydrogens is 180 g/mol. The number of ketones is 1. The van der Waals surface area contributed by atoms with Gasteiger partial charge in [-0.25, -0.2) is 0 Å². The summed E-state index contributed by atoms with van der Waals surface area (Å²) in [5.74, 6) is 0.163. The molecule has 0 saturated carbocycles. The van der Waals surface area contributed by atoms with Crippen LogP contribution >= 0.6 is 0 Å². The molecule has 1 aliphatic rings. The van der Waals surface area contributed by atoms with Crippen LogP contribution in [0.1, 0.15) is 39.0 Å². The number of carbonyl (C=O) groups is 1. The van der Waals surface area contributed by atoms with E-state index in [2.05, 4.69) is 0 Å². The standard InChI is InChI=1S/C11H20O3/c1-9(13)10(5-6-12)8-11-4-2-3-7-14-11/h10-12H,2-8H2,1H3. The maximum absolute atomic E-state index is 11.2. The summed E-state index contributed by atoms with van der Waals surface area (Å²) in [4.78, 5) is 11.2. The number of aliphatic hydroxyl groups is 1. The molecule has 1 fully saturated rings. The second-order valence-corrected chi connectivity index (χ2v) is 4.04. The maximum Gasteiger partial charge on any atom is 0.133 e. The Morgan fingerprint density at radius 1 is 1.57 bits per heavy atom. The van der Waals surface area contributed by atoms with Gasteiger partial charge in [0.1, 0.15) is 5.78 Å². The van der Waals surface area contributed by atoms with Crippen LogP contribution in [-0.4, -0.2) is 30.2 Å². The highest BCUT2D eigenvalue weighted by molar-refractivity contribution is 5.78. The quantitative estimate of drug-likeness (QED) is 0.732. The highest BCUT2D eigenvalue weighted by Gasteiger charge is 2.21. The van der Waals surface area contributed by atoms with Crippen molar-refractivity contribution >= 4 is 5.78 Å². The van der Waals surface area contributed by atoms with Crippen LogP contribution in [-0.2, 0) is 9.53 Å². The van der Waals surface area contributed by atoms with Crippen molar-refractivity contribution in [3.8, 4) is 0 Å². The monoisotopic (exact) mass is 200 g/mol. The second-order valence-electron chi connectivity index (χ2n) is 4.04. The molecule has 2 unspecified atom stereocenters. The van der Waals surface area contributed by atoms with Gasteiger partial charge >= 0.3 is 0 Å². The van der Waals surface area contributed by atoms with E-state index in [9.17, 15) is 4.79 Å². The minimum atomic E-state index is -0.0110. The van der Waals surface area contributed by atoms with Gasteiger partial charge in [0.25, 0.3) is 0 Å². The molecule has 0 aromatic heterocycles. The first-order valence-electron chi connectivity index (χ1n) is 5.47. The summed E-state index contributed by atoms with van der Waals surface area (Å²) in [7, 11) is 0. The minimum absolute atomic E-state index is 0.0110. The fourth-order valence-corrected chi connectivity index (χ4v) is 1.95. The Morgan fingerprint density at radius 3 is 2.86 bits per heavy atom. The lowest BCUT2D eigenvalue weighted by atomic mass is 9.92. The highest BCUT2D eigenvalue weighted by Crippen LogP contribution is 2.21. The molecule has 1 saturated heterocycles. The fraction of sp³-hybridized carbons (Fsp3) is 0.909. The average Bonchev–Trinajstić information content (AvgIpc) is 2.18. The van der Waals surface area contributed by atoms with E-state index in [1.807, 2.05) is 0 Å². The van der Waals surface area contributed by atoms with Gasteiger partial charge in [0.2, 0.25) is 0 Å². The van der Waals surface area contributed by atoms with Crippen LogP contribution in [0.5, 0.6) is 0 Å². The molecule has 0 amide bonds. The van der Waals surface area contributed by atoms with Crippen molar-refractivity contribution in [3.05, 3.63) is 0 Å². The summed E-state index contributed by atoms with van der Waals surface area (Å²) in [6.45, 7) is 2.52. The predicted molar refractivity (Wildman–Crippen MR) is 54.1 cm³/mol. The molecule has 1 aliphatic heterocycles. The van der Waals surface area contributed by atoms with Gasteiger partial charge in [-0.3, -0.25) is 4.79 Å². The predicted octanol–water partition coefficient (Wildman–Crippen LogP) is 1.53. The Bertz CT molecular complexity index is 173. The molecule has 0 spiro atoms. The third-order valence-corrected chi connectivity index (χ3v) is 2.87. The Balaban J connectivity index is 2.33. The van der Waals surface area contributed by atoms with Crippen molar-refractivity contribution < 1.29 is 14.6 Å². The maximum atomic E-state index is 11.2. The molecule has 2 atom stereocenters. The molecule has 82 valence electrons. The Morgan fingerprint density at radius 2 is 2.36 bits per heavy atom. The van der Waals surface area contributed by atoms with Crippen molar-refractivity contribution in [2.24, 2.45) is 5.92 Å². The molecule has 3 heteroatoms. The first-order valence-corrected chi connectivity index (χ1v) is 5.47.